The van der Waals surface area contributed by atoms with Gasteiger partial charge in [-0.05, 0) is 53.1 Å². The molecule has 1 aliphatic rings. The highest BCUT2D eigenvalue weighted by Gasteiger charge is 2.47. The van der Waals surface area contributed by atoms with Gasteiger partial charge in [-0.2, -0.15) is 0 Å². The number of aliphatic carboxylic acids is 1. The molecular weight excluding hydrogens is 718 g/mol. The van der Waals surface area contributed by atoms with Crippen LogP contribution in [0.15, 0.2) is 122 Å². The van der Waals surface area contributed by atoms with Crippen LogP contribution in [-0.4, -0.2) is 75.5 Å². The molecule has 0 spiro atoms. The lowest BCUT2D eigenvalue weighted by atomic mass is 9.79. The van der Waals surface area contributed by atoms with E-state index in [0.29, 0.717) is 28.2 Å². The molecule has 3 heterocycles. The second-order valence-electron chi connectivity index (χ2n) is 13.0. The van der Waals surface area contributed by atoms with Crippen molar-refractivity contribution < 1.29 is 43.2 Å². The summed E-state index contributed by atoms with van der Waals surface area (Å²) in [7, 11) is 3.20. The Morgan fingerprint density at radius 2 is 1.41 bits per heavy atom. The van der Waals surface area contributed by atoms with Crippen molar-refractivity contribution in [3.05, 3.63) is 144 Å². The van der Waals surface area contributed by atoms with Crippen LogP contribution in [0.4, 0.5) is 5.82 Å². The molecule has 1 fully saturated rings. The molecule has 1 aliphatic heterocycles. The molecule has 1 amide bonds. The van der Waals surface area contributed by atoms with E-state index in [1.165, 1.54) is 6.33 Å². The number of hydrogen-bond donors (Lipinski definition) is 2. The molecule has 0 saturated carbocycles. The number of anilines is 1. The number of carboxylic acid groups (broad SMARTS) is 1. The summed E-state index contributed by atoms with van der Waals surface area (Å²) >= 11 is 0. The lowest BCUT2D eigenvalue weighted by Gasteiger charge is -2.39. The van der Waals surface area contributed by atoms with Gasteiger partial charge >= 0.3 is 11.9 Å². The third-order valence-corrected chi connectivity index (χ3v) is 9.57. The fourth-order valence-corrected chi connectivity index (χ4v) is 6.78. The normalized spacial score (nSPS) is 16.6. The van der Waals surface area contributed by atoms with E-state index in [-0.39, 0.29) is 37.6 Å². The number of esters is 1. The van der Waals surface area contributed by atoms with E-state index < -0.39 is 36.0 Å². The van der Waals surface area contributed by atoms with Gasteiger partial charge in [-0.1, -0.05) is 72.8 Å². The van der Waals surface area contributed by atoms with Gasteiger partial charge in [0.2, 0.25) is 0 Å². The van der Waals surface area contributed by atoms with E-state index in [1.807, 2.05) is 84.9 Å². The number of benzene rings is 4. The van der Waals surface area contributed by atoms with Gasteiger partial charge in [0.25, 0.3) is 5.91 Å². The Morgan fingerprint density at radius 1 is 0.804 bits per heavy atom. The second kappa shape index (κ2) is 16.8. The van der Waals surface area contributed by atoms with E-state index in [2.05, 4.69) is 20.3 Å². The van der Waals surface area contributed by atoms with E-state index >= 15 is 0 Å². The molecule has 3 atom stereocenters. The number of carbonyl (C=O) groups is 3. The molecule has 14 heteroatoms. The van der Waals surface area contributed by atoms with Gasteiger partial charge in [0.15, 0.2) is 17.0 Å². The van der Waals surface area contributed by atoms with E-state index in [0.717, 1.165) is 16.7 Å². The van der Waals surface area contributed by atoms with E-state index in [4.69, 9.17) is 28.8 Å². The van der Waals surface area contributed by atoms with Crippen molar-refractivity contribution in [1.82, 2.24) is 19.5 Å². The molecule has 0 unspecified atom stereocenters. The summed E-state index contributed by atoms with van der Waals surface area (Å²) in [5.41, 5.74) is 2.35. The highest BCUT2D eigenvalue weighted by atomic mass is 16.6. The minimum atomic E-state index is -1.23. The number of fused-ring (bicyclic) bond motifs is 1. The quantitative estimate of drug-likeness (QED) is 0.0903. The van der Waals surface area contributed by atoms with Crippen molar-refractivity contribution in [2.45, 2.75) is 43.3 Å². The van der Waals surface area contributed by atoms with Gasteiger partial charge in [-0.25, -0.2) is 15.0 Å². The highest BCUT2D eigenvalue weighted by Crippen LogP contribution is 2.46. The van der Waals surface area contributed by atoms with Gasteiger partial charge in [0, 0.05) is 12.0 Å². The first-order valence-electron chi connectivity index (χ1n) is 17.9. The summed E-state index contributed by atoms with van der Waals surface area (Å²) in [5, 5.41) is 12.0. The fourth-order valence-electron chi connectivity index (χ4n) is 6.78. The van der Waals surface area contributed by atoms with Crippen molar-refractivity contribution in [3.8, 4) is 11.5 Å². The summed E-state index contributed by atoms with van der Waals surface area (Å²) in [4.78, 5) is 50.3. The van der Waals surface area contributed by atoms with Crippen LogP contribution < -0.4 is 14.8 Å². The number of amides is 1. The molecule has 0 bridgehead atoms. The number of carboxylic acids is 1. The zero-order valence-corrected chi connectivity index (χ0v) is 30.6. The molecule has 1 saturated heterocycles. The number of nitrogens with one attached hydrogen (secondary N) is 1. The predicted octanol–water partition coefficient (Wildman–Crippen LogP) is 6.17. The number of imidazole rings is 1. The smallest absolute Gasteiger partial charge is 0.306 e. The molecule has 2 aromatic heterocycles. The molecule has 286 valence electrons. The van der Waals surface area contributed by atoms with Crippen LogP contribution in [0.25, 0.3) is 11.2 Å². The maximum absolute atomic E-state index is 13.0. The average molecular weight is 758 g/mol. The third-order valence-electron chi connectivity index (χ3n) is 9.57. The average Bonchev–Trinajstić information content (AvgIpc) is 3.86. The zero-order chi connectivity index (χ0) is 39.1. The van der Waals surface area contributed by atoms with Gasteiger partial charge in [0.05, 0.1) is 39.5 Å². The summed E-state index contributed by atoms with van der Waals surface area (Å²) in [5.74, 6) is -0.606. The van der Waals surface area contributed by atoms with Crippen LogP contribution in [0, 0.1) is 0 Å². The molecule has 14 nitrogen and oxygen atoms in total. The Bertz CT molecular complexity index is 2240. The minimum absolute atomic E-state index is 0.222. The number of aromatic nitrogens is 4. The van der Waals surface area contributed by atoms with E-state index in [1.54, 1.807) is 49.4 Å². The summed E-state index contributed by atoms with van der Waals surface area (Å²) in [6.07, 6.45) is 0.182. The largest absolute Gasteiger partial charge is 0.497 e. The zero-order valence-electron chi connectivity index (χ0n) is 30.6. The van der Waals surface area contributed by atoms with Crippen molar-refractivity contribution in [3.63, 3.8) is 0 Å². The lowest BCUT2D eigenvalue weighted by molar-refractivity contribution is -0.155. The molecule has 6 aromatic rings. The molecule has 56 heavy (non-hydrogen) atoms. The monoisotopic (exact) mass is 757 g/mol. The number of hydrogen-bond acceptors (Lipinski definition) is 11. The first kappa shape index (κ1) is 37.7. The van der Waals surface area contributed by atoms with Gasteiger partial charge < -0.3 is 34.1 Å². The first-order valence-corrected chi connectivity index (χ1v) is 17.9. The van der Waals surface area contributed by atoms with Crippen LogP contribution in [0.2, 0.25) is 0 Å². The van der Waals surface area contributed by atoms with Crippen LogP contribution in [-0.2, 0) is 29.4 Å². The fraction of sp³-hybridized carbons (Fsp3) is 0.238. The number of nitrogens with zero attached hydrogens (tertiary/aromatic N) is 4. The number of methoxy groups -OCH3 is 2. The van der Waals surface area contributed by atoms with Crippen LogP contribution >= 0.6 is 0 Å². The molecule has 0 radical (unpaired) electrons. The Balaban J connectivity index is 1.28. The third kappa shape index (κ3) is 7.92. The summed E-state index contributed by atoms with van der Waals surface area (Å²) < 4.78 is 32.4. The molecule has 4 aromatic carbocycles. The number of carbonyl (C=O) groups excluding carboxylic acids is 2. The standard InChI is InChI=1S/C42H39N5O9/c1-52-31-17-13-29(14-18-31)42(28-11-7-4-8-12-28,30-15-19-32(53-2)20-16-30)56-33-23-35(55-34(33)24-54-37(50)22-21-36(48)49)47-26-45-38-39(43-25-44-40(38)47)46-41(51)27-9-5-3-6-10-27/h3-20,25-26,33-35H,21-24H2,1-2H3,(H,48,49)(H,43,44,46,51)/t33-,34+,35-/m0/s1. The van der Waals surface area contributed by atoms with Gasteiger partial charge in [0.1, 0.15) is 42.4 Å². The Kier molecular flexibility index (Phi) is 11.3. The SMILES string of the molecule is COc1ccc(C(O[C@H]2C[C@@H](n3cnc4c(NC(=O)c5ccccc5)ncnc43)O[C@@H]2COC(=O)CCC(=O)O)(c2ccccc2)c2ccc(OC)cc2)cc1. The topological polar surface area (TPSA) is 173 Å². The minimum Gasteiger partial charge on any atom is -0.497 e. The lowest BCUT2D eigenvalue weighted by Crippen LogP contribution is -2.41. The summed E-state index contributed by atoms with van der Waals surface area (Å²) in [6, 6.07) is 33.7. The van der Waals surface area contributed by atoms with Crippen molar-refractivity contribution >= 4 is 34.8 Å². The number of ether oxygens (including phenoxy) is 5. The molecule has 2 N–H and O–H groups in total. The Hall–Kier alpha value is -6.64. The maximum Gasteiger partial charge on any atom is 0.306 e. The highest BCUT2D eigenvalue weighted by molar-refractivity contribution is 6.06. The van der Waals surface area contributed by atoms with Crippen LogP contribution in [0.3, 0.4) is 0 Å². The number of rotatable bonds is 15. The van der Waals surface area contributed by atoms with Crippen molar-refractivity contribution in [1.29, 1.82) is 0 Å². The van der Waals surface area contributed by atoms with Crippen LogP contribution in [0.5, 0.6) is 11.5 Å². The Morgan fingerprint density at radius 3 is 2.02 bits per heavy atom. The second-order valence-corrected chi connectivity index (χ2v) is 13.0. The maximum atomic E-state index is 13.0. The van der Waals surface area contributed by atoms with Gasteiger partial charge in [-0.15, -0.1) is 0 Å². The predicted molar refractivity (Wildman–Crippen MR) is 203 cm³/mol. The van der Waals surface area contributed by atoms with E-state index in [9.17, 15) is 14.4 Å². The molecule has 0 aliphatic carbocycles. The first-order chi connectivity index (χ1) is 27.3. The van der Waals surface area contributed by atoms with Gasteiger partial charge in [-0.3, -0.25) is 19.0 Å². The molecular formula is C42H39N5O9. The van der Waals surface area contributed by atoms with Crippen molar-refractivity contribution in [2.75, 3.05) is 26.1 Å². The molecule has 7 rings (SSSR count). The summed E-state index contributed by atoms with van der Waals surface area (Å²) in [6.45, 7) is -0.226. The van der Waals surface area contributed by atoms with Crippen LogP contribution in [0.1, 0.15) is 52.5 Å². The Labute approximate surface area is 322 Å². The van der Waals surface area contributed by atoms with Crippen molar-refractivity contribution in [2.24, 2.45) is 0 Å².